The normalized spacial score (nSPS) is 12.5. The minimum atomic E-state index is -0.140. The van der Waals surface area contributed by atoms with E-state index in [0.717, 1.165) is 5.52 Å². The van der Waals surface area contributed by atoms with Gasteiger partial charge in [-0.05, 0) is 24.3 Å². The summed E-state index contributed by atoms with van der Waals surface area (Å²) in [6.45, 7) is 1.27. The van der Waals surface area contributed by atoms with E-state index in [1.807, 2.05) is 24.3 Å². The van der Waals surface area contributed by atoms with Crippen LogP contribution in [0, 0.1) is 11.3 Å². The summed E-state index contributed by atoms with van der Waals surface area (Å²) in [4.78, 5) is 18.8. The number of anilines is 1. The molecule has 1 aromatic heterocycles. The van der Waals surface area contributed by atoms with E-state index in [2.05, 4.69) is 11.1 Å². The van der Waals surface area contributed by atoms with Gasteiger partial charge in [0.25, 0.3) is 5.22 Å². The van der Waals surface area contributed by atoms with Crippen molar-refractivity contribution < 1.29 is 18.7 Å². The lowest BCUT2D eigenvalue weighted by molar-refractivity contribution is -0.116. The smallest absolute Gasteiger partial charge is 0.257 e. The lowest BCUT2D eigenvalue weighted by atomic mass is 10.2. The van der Waals surface area contributed by atoms with Crippen LogP contribution in [0.4, 0.5) is 5.69 Å². The van der Waals surface area contributed by atoms with Crippen molar-refractivity contribution in [3.05, 3.63) is 42.5 Å². The largest absolute Gasteiger partial charge is 0.486 e. The van der Waals surface area contributed by atoms with E-state index >= 15 is 0 Å². The number of nitriles is 1. The molecule has 0 spiro atoms. The van der Waals surface area contributed by atoms with Gasteiger partial charge in [-0.2, -0.15) is 5.26 Å². The van der Waals surface area contributed by atoms with Gasteiger partial charge < -0.3 is 18.8 Å². The van der Waals surface area contributed by atoms with Gasteiger partial charge in [-0.15, -0.1) is 0 Å². The van der Waals surface area contributed by atoms with Crippen LogP contribution < -0.4 is 14.4 Å². The fourth-order valence-electron chi connectivity index (χ4n) is 2.87. The number of fused-ring (bicyclic) bond motifs is 2. The Balaban J connectivity index is 1.50. The first-order valence-corrected chi connectivity index (χ1v) is 9.78. The first-order valence-electron chi connectivity index (χ1n) is 8.80. The number of nitrogens with zero attached hydrogens (tertiary/aromatic N) is 3. The second kappa shape index (κ2) is 8.23. The highest BCUT2D eigenvalue weighted by molar-refractivity contribution is 7.99. The molecule has 28 heavy (non-hydrogen) atoms. The van der Waals surface area contributed by atoms with Crippen LogP contribution in [0.3, 0.4) is 0 Å². The molecule has 0 atom stereocenters. The van der Waals surface area contributed by atoms with Crippen LogP contribution in [0.1, 0.15) is 6.42 Å². The number of hydrogen-bond acceptors (Lipinski definition) is 7. The van der Waals surface area contributed by atoms with Crippen molar-refractivity contribution in [2.75, 3.05) is 30.4 Å². The molecule has 7 nitrogen and oxygen atoms in total. The average molecular weight is 395 g/mol. The third kappa shape index (κ3) is 3.89. The van der Waals surface area contributed by atoms with Crippen LogP contribution in [-0.2, 0) is 4.79 Å². The molecule has 0 radical (unpaired) electrons. The molecule has 0 bridgehead atoms. The van der Waals surface area contributed by atoms with Gasteiger partial charge in [-0.25, -0.2) is 4.98 Å². The van der Waals surface area contributed by atoms with Crippen LogP contribution in [0.2, 0.25) is 0 Å². The van der Waals surface area contributed by atoms with Crippen LogP contribution in [0.15, 0.2) is 52.1 Å². The van der Waals surface area contributed by atoms with Gasteiger partial charge in [0.05, 0.1) is 18.2 Å². The molecule has 2 heterocycles. The molecule has 4 rings (SSSR count). The van der Waals surface area contributed by atoms with Crippen molar-refractivity contribution in [1.82, 2.24) is 4.98 Å². The molecule has 0 saturated carbocycles. The summed E-state index contributed by atoms with van der Waals surface area (Å²) in [5.74, 6) is 1.26. The highest BCUT2D eigenvalue weighted by Crippen LogP contribution is 2.34. The van der Waals surface area contributed by atoms with Crippen molar-refractivity contribution in [3.8, 4) is 17.6 Å². The van der Waals surface area contributed by atoms with E-state index in [0.29, 0.717) is 47.8 Å². The quantitative estimate of drug-likeness (QED) is 0.589. The number of ether oxygens (including phenoxy) is 2. The third-order valence-corrected chi connectivity index (χ3v) is 4.99. The molecule has 1 aliphatic heterocycles. The van der Waals surface area contributed by atoms with Crippen molar-refractivity contribution in [2.45, 2.75) is 11.6 Å². The van der Waals surface area contributed by atoms with Gasteiger partial charge >= 0.3 is 0 Å². The zero-order valence-corrected chi connectivity index (χ0v) is 15.8. The maximum absolute atomic E-state index is 12.9. The highest BCUT2D eigenvalue weighted by atomic mass is 32.2. The molecule has 0 N–H and O–H groups in total. The minimum Gasteiger partial charge on any atom is -0.486 e. The van der Waals surface area contributed by atoms with Crippen LogP contribution in [-0.4, -0.2) is 36.4 Å². The minimum absolute atomic E-state index is 0.140. The monoisotopic (exact) mass is 395 g/mol. The molecule has 1 aliphatic rings. The summed E-state index contributed by atoms with van der Waals surface area (Å²) in [7, 11) is 0. The molecule has 8 heteroatoms. The van der Waals surface area contributed by atoms with E-state index in [1.165, 1.54) is 11.8 Å². The number of benzene rings is 2. The van der Waals surface area contributed by atoms with E-state index < -0.39 is 0 Å². The predicted molar refractivity (Wildman–Crippen MR) is 105 cm³/mol. The number of aromatic nitrogens is 1. The first kappa shape index (κ1) is 18.2. The summed E-state index contributed by atoms with van der Waals surface area (Å²) in [5.41, 5.74) is 2.11. The first-order chi connectivity index (χ1) is 13.7. The number of carbonyl (C=O) groups is 1. The number of para-hydroxylation sites is 2. The third-order valence-electron chi connectivity index (χ3n) is 4.18. The van der Waals surface area contributed by atoms with Gasteiger partial charge in [0.15, 0.2) is 17.1 Å². The number of rotatable bonds is 6. The van der Waals surface area contributed by atoms with Gasteiger partial charge in [0.2, 0.25) is 5.91 Å². The molecule has 0 unspecified atom stereocenters. The zero-order chi connectivity index (χ0) is 19.3. The molecule has 1 amide bonds. The summed E-state index contributed by atoms with van der Waals surface area (Å²) in [5, 5.41) is 9.40. The Morgan fingerprint density at radius 3 is 2.82 bits per heavy atom. The predicted octanol–water partition coefficient (Wildman–Crippen LogP) is 3.64. The van der Waals surface area contributed by atoms with Gasteiger partial charge in [-0.3, -0.25) is 4.79 Å². The highest BCUT2D eigenvalue weighted by Gasteiger charge is 2.20. The molecule has 2 aromatic carbocycles. The van der Waals surface area contributed by atoms with Crippen LogP contribution >= 0.6 is 11.8 Å². The number of hydrogen-bond donors (Lipinski definition) is 0. The van der Waals surface area contributed by atoms with E-state index in [9.17, 15) is 4.79 Å². The van der Waals surface area contributed by atoms with Crippen molar-refractivity contribution in [2.24, 2.45) is 0 Å². The Kier molecular flexibility index (Phi) is 5.35. The molecule has 0 fully saturated rings. The molecular formula is C20H17N3O4S. The number of carbonyl (C=O) groups excluding carboxylic acids is 1. The number of amides is 1. The summed E-state index contributed by atoms with van der Waals surface area (Å²) >= 11 is 1.23. The Bertz CT molecular complexity index is 1010. The second-order valence-electron chi connectivity index (χ2n) is 6.02. The topological polar surface area (TPSA) is 88.6 Å². The van der Waals surface area contributed by atoms with Crippen LogP contribution in [0.25, 0.3) is 11.1 Å². The van der Waals surface area contributed by atoms with Gasteiger partial charge in [0, 0.05) is 18.3 Å². The fourth-order valence-corrected chi connectivity index (χ4v) is 3.59. The average Bonchev–Trinajstić information content (AvgIpc) is 3.15. The molecule has 0 aliphatic carbocycles. The van der Waals surface area contributed by atoms with E-state index in [-0.39, 0.29) is 18.1 Å². The van der Waals surface area contributed by atoms with Crippen molar-refractivity contribution in [1.29, 1.82) is 5.26 Å². The Labute approximate surface area is 165 Å². The molecule has 3 aromatic rings. The Morgan fingerprint density at radius 1 is 1.18 bits per heavy atom. The maximum atomic E-state index is 12.9. The fraction of sp³-hybridized carbons (Fsp3) is 0.250. The second-order valence-corrected chi connectivity index (χ2v) is 6.94. The number of thioether (sulfide) groups is 1. The summed E-state index contributed by atoms with van der Waals surface area (Å²) < 4.78 is 16.8. The van der Waals surface area contributed by atoms with Crippen molar-refractivity contribution in [3.63, 3.8) is 0 Å². The Hall–Kier alpha value is -3.18. The summed E-state index contributed by atoms with van der Waals surface area (Å²) in [6.07, 6.45) is 0.230. The lowest BCUT2D eigenvalue weighted by Gasteiger charge is -2.24. The lowest BCUT2D eigenvalue weighted by Crippen LogP contribution is -2.33. The SMILES string of the molecule is N#CCCN(C(=O)CSc1nc2ccccc2o1)c1ccc2c(c1)OCCO2. The summed E-state index contributed by atoms with van der Waals surface area (Å²) in [6, 6.07) is 14.9. The molecular weight excluding hydrogens is 378 g/mol. The van der Waals surface area contributed by atoms with Gasteiger partial charge in [-0.1, -0.05) is 23.9 Å². The standard InChI is InChI=1S/C20H17N3O4S/c21-8-3-9-23(14-6-7-17-18(12-14)26-11-10-25-17)19(24)13-28-20-22-15-4-1-2-5-16(15)27-20/h1-2,4-7,12H,3,9-11,13H2. The van der Waals surface area contributed by atoms with E-state index in [1.54, 1.807) is 23.1 Å². The van der Waals surface area contributed by atoms with Crippen molar-refractivity contribution >= 4 is 34.5 Å². The van der Waals surface area contributed by atoms with Crippen LogP contribution in [0.5, 0.6) is 11.5 Å². The zero-order valence-electron chi connectivity index (χ0n) is 15.0. The number of oxazole rings is 1. The maximum Gasteiger partial charge on any atom is 0.257 e. The molecule has 142 valence electrons. The Morgan fingerprint density at radius 2 is 2.00 bits per heavy atom. The van der Waals surface area contributed by atoms with E-state index in [4.69, 9.17) is 19.2 Å². The van der Waals surface area contributed by atoms with Gasteiger partial charge in [0.1, 0.15) is 18.7 Å². The molecule has 0 saturated heterocycles.